The van der Waals surface area contributed by atoms with E-state index in [2.05, 4.69) is 14.9 Å². The molecule has 134 valence electrons. The van der Waals surface area contributed by atoms with Crippen molar-refractivity contribution in [2.75, 3.05) is 45.2 Å². The van der Waals surface area contributed by atoms with Crippen LogP contribution in [-0.4, -0.2) is 78.0 Å². The summed E-state index contributed by atoms with van der Waals surface area (Å²) in [6, 6.07) is 1.86. The van der Waals surface area contributed by atoms with Gasteiger partial charge in [0.05, 0.1) is 5.60 Å². The van der Waals surface area contributed by atoms with E-state index < -0.39 is 15.8 Å². The van der Waals surface area contributed by atoms with Crippen LogP contribution >= 0.6 is 0 Å². The first-order chi connectivity index (χ1) is 11.2. The normalized spacial score (nSPS) is 28.9. The molecular formula is C15H25N5O3S. The predicted octanol–water partition coefficient (Wildman–Crippen LogP) is -0.145. The maximum absolute atomic E-state index is 12.4. The quantitative estimate of drug-likeness (QED) is 0.811. The molecule has 1 N–H and O–H groups in total. The smallest absolute Gasteiger partial charge is 0.281 e. The molecule has 0 aliphatic carbocycles. The summed E-state index contributed by atoms with van der Waals surface area (Å²) in [4.78, 5) is 10.7. The van der Waals surface area contributed by atoms with E-state index in [-0.39, 0.29) is 5.92 Å². The van der Waals surface area contributed by atoms with E-state index >= 15 is 0 Å². The third kappa shape index (κ3) is 3.13. The Morgan fingerprint density at radius 3 is 2.67 bits per heavy atom. The van der Waals surface area contributed by atoms with E-state index in [9.17, 15) is 13.5 Å². The zero-order chi connectivity index (χ0) is 17.5. The molecule has 0 spiro atoms. The first-order valence-corrected chi connectivity index (χ1v) is 9.57. The van der Waals surface area contributed by atoms with Crippen molar-refractivity contribution in [3.05, 3.63) is 18.1 Å². The van der Waals surface area contributed by atoms with Gasteiger partial charge in [0.15, 0.2) is 0 Å². The molecule has 2 unspecified atom stereocenters. The SMILES string of the molecule is Cc1nccc(N2CCC3(O)CCN(S(=O)(=O)N(C)C)CC3C2)n1. The highest BCUT2D eigenvalue weighted by atomic mass is 32.2. The van der Waals surface area contributed by atoms with E-state index in [0.717, 1.165) is 5.82 Å². The monoisotopic (exact) mass is 355 g/mol. The molecule has 8 nitrogen and oxygen atoms in total. The van der Waals surface area contributed by atoms with Crippen LogP contribution in [0.15, 0.2) is 12.3 Å². The fraction of sp³-hybridized carbons (Fsp3) is 0.733. The molecule has 2 saturated heterocycles. The van der Waals surface area contributed by atoms with Crippen LogP contribution in [0, 0.1) is 12.8 Å². The Balaban J connectivity index is 1.79. The second-order valence-electron chi connectivity index (χ2n) is 6.86. The van der Waals surface area contributed by atoms with Crippen LogP contribution in [0.5, 0.6) is 0 Å². The first kappa shape index (κ1) is 17.5. The topological polar surface area (TPSA) is 89.9 Å². The van der Waals surface area contributed by atoms with Crippen molar-refractivity contribution in [2.24, 2.45) is 5.92 Å². The van der Waals surface area contributed by atoms with Crippen LogP contribution < -0.4 is 4.90 Å². The minimum Gasteiger partial charge on any atom is -0.389 e. The number of hydrogen-bond donors (Lipinski definition) is 1. The van der Waals surface area contributed by atoms with Crippen molar-refractivity contribution >= 4 is 16.0 Å². The Morgan fingerprint density at radius 2 is 2.00 bits per heavy atom. The number of anilines is 1. The van der Waals surface area contributed by atoms with E-state index in [4.69, 9.17) is 0 Å². The van der Waals surface area contributed by atoms with E-state index in [1.54, 1.807) is 6.20 Å². The maximum Gasteiger partial charge on any atom is 0.281 e. The van der Waals surface area contributed by atoms with Gasteiger partial charge in [0.2, 0.25) is 0 Å². The Bertz CT molecular complexity index is 711. The zero-order valence-corrected chi connectivity index (χ0v) is 15.2. The largest absolute Gasteiger partial charge is 0.389 e. The third-order valence-corrected chi connectivity index (χ3v) is 7.01. The number of piperidine rings is 2. The standard InChI is InChI=1S/C15H25N5O3S/c1-12-16-7-4-14(17-12)19-8-5-15(21)6-9-20(11-13(15)10-19)24(22,23)18(2)3/h4,7,13,21H,5-6,8-11H2,1-3H3. The summed E-state index contributed by atoms with van der Waals surface area (Å²) in [6.45, 7) is 3.84. The van der Waals surface area contributed by atoms with Crippen LogP contribution in [0.25, 0.3) is 0 Å². The van der Waals surface area contributed by atoms with Crippen LogP contribution in [0.1, 0.15) is 18.7 Å². The number of hydrogen-bond acceptors (Lipinski definition) is 6. The van der Waals surface area contributed by atoms with Gasteiger partial charge in [0, 0.05) is 52.4 Å². The molecule has 1 aromatic rings. The second-order valence-corrected chi connectivity index (χ2v) is 9.00. The predicted molar refractivity (Wildman–Crippen MR) is 90.8 cm³/mol. The third-order valence-electron chi connectivity index (χ3n) is 5.11. The fourth-order valence-electron chi connectivity index (χ4n) is 3.54. The highest BCUT2D eigenvalue weighted by Gasteiger charge is 2.47. The van der Waals surface area contributed by atoms with Gasteiger partial charge < -0.3 is 10.0 Å². The zero-order valence-electron chi connectivity index (χ0n) is 14.4. The van der Waals surface area contributed by atoms with E-state index in [1.807, 2.05) is 13.0 Å². The summed E-state index contributed by atoms with van der Waals surface area (Å²) in [5.74, 6) is 1.40. The average molecular weight is 355 g/mol. The van der Waals surface area contributed by atoms with Gasteiger partial charge >= 0.3 is 0 Å². The van der Waals surface area contributed by atoms with Crippen molar-refractivity contribution in [3.8, 4) is 0 Å². The van der Waals surface area contributed by atoms with Gasteiger partial charge in [-0.15, -0.1) is 0 Å². The Morgan fingerprint density at radius 1 is 1.29 bits per heavy atom. The minimum atomic E-state index is -3.45. The fourth-order valence-corrected chi connectivity index (χ4v) is 4.69. The molecule has 2 fully saturated rings. The lowest BCUT2D eigenvalue weighted by molar-refractivity contribution is -0.0695. The van der Waals surface area contributed by atoms with Gasteiger partial charge in [-0.05, 0) is 25.8 Å². The molecular weight excluding hydrogens is 330 g/mol. The number of aromatic nitrogens is 2. The van der Waals surface area contributed by atoms with Crippen LogP contribution in [0.2, 0.25) is 0 Å². The van der Waals surface area contributed by atoms with Crippen molar-refractivity contribution in [1.82, 2.24) is 18.6 Å². The molecule has 0 saturated carbocycles. The molecule has 2 aliphatic heterocycles. The highest BCUT2D eigenvalue weighted by Crippen LogP contribution is 2.37. The molecule has 24 heavy (non-hydrogen) atoms. The first-order valence-electron chi connectivity index (χ1n) is 8.17. The van der Waals surface area contributed by atoms with Gasteiger partial charge in [0.1, 0.15) is 11.6 Å². The van der Waals surface area contributed by atoms with Gasteiger partial charge in [-0.3, -0.25) is 0 Å². The summed E-state index contributed by atoms with van der Waals surface area (Å²) in [5, 5.41) is 10.9. The molecule has 0 amide bonds. The molecule has 3 rings (SSSR count). The summed E-state index contributed by atoms with van der Waals surface area (Å²) in [7, 11) is -0.385. The molecule has 3 heterocycles. The number of aliphatic hydroxyl groups is 1. The van der Waals surface area contributed by atoms with Crippen LogP contribution in [0.3, 0.4) is 0 Å². The van der Waals surface area contributed by atoms with Gasteiger partial charge in [0.25, 0.3) is 10.2 Å². The number of fused-ring (bicyclic) bond motifs is 1. The van der Waals surface area contributed by atoms with Gasteiger partial charge in [-0.2, -0.15) is 17.0 Å². The van der Waals surface area contributed by atoms with Crippen molar-refractivity contribution in [1.29, 1.82) is 0 Å². The Kier molecular flexibility index (Phi) is 4.54. The Hall–Kier alpha value is -1.29. The molecule has 2 atom stereocenters. The highest BCUT2D eigenvalue weighted by molar-refractivity contribution is 7.86. The van der Waals surface area contributed by atoms with Crippen LogP contribution in [-0.2, 0) is 10.2 Å². The molecule has 0 radical (unpaired) electrons. The van der Waals surface area contributed by atoms with Crippen LogP contribution in [0.4, 0.5) is 5.82 Å². The molecule has 0 aromatic carbocycles. The number of rotatable bonds is 3. The van der Waals surface area contributed by atoms with E-state index in [0.29, 0.717) is 44.8 Å². The molecule has 0 bridgehead atoms. The van der Waals surface area contributed by atoms with Crippen molar-refractivity contribution in [2.45, 2.75) is 25.4 Å². The molecule has 2 aliphatic rings. The molecule has 9 heteroatoms. The summed E-state index contributed by atoms with van der Waals surface area (Å²) >= 11 is 0. The lowest BCUT2D eigenvalue weighted by Gasteiger charge is -2.50. The Labute approximate surface area is 143 Å². The van der Waals surface area contributed by atoms with E-state index in [1.165, 1.54) is 22.7 Å². The summed E-state index contributed by atoms with van der Waals surface area (Å²) in [5.41, 5.74) is -0.795. The van der Waals surface area contributed by atoms with Crippen molar-refractivity contribution < 1.29 is 13.5 Å². The minimum absolute atomic E-state index is 0.134. The van der Waals surface area contributed by atoms with Gasteiger partial charge in [-0.1, -0.05) is 0 Å². The summed E-state index contributed by atoms with van der Waals surface area (Å²) in [6.07, 6.45) is 2.82. The molecule has 1 aromatic heterocycles. The lowest BCUT2D eigenvalue weighted by Crippen LogP contribution is -2.61. The average Bonchev–Trinajstić information content (AvgIpc) is 2.53. The van der Waals surface area contributed by atoms with Crippen molar-refractivity contribution in [3.63, 3.8) is 0 Å². The maximum atomic E-state index is 12.4. The second kappa shape index (κ2) is 6.21. The number of aryl methyl sites for hydroxylation is 1. The lowest BCUT2D eigenvalue weighted by atomic mass is 9.76. The van der Waals surface area contributed by atoms with Gasteiger partial charge in [-0.25, -0.2) is 9.97 Å². The summed E-state index contributed by atoms with van der Waals surface area (Å²) < 4.78 is 27.5. The number of nitrogens with zero attached hydrogens (tertiary/aromatic N) is 5.